The van der Waals surface area contributed by atoms with Crippen LogP contribution in [0.1, 0.15) is 11.4 Å². The first-order chi connectivity index (χ1) is 8.82. The predicted molar refractivity (Wildman–Crippen MR) is 60.9 cm³/mol. The van der Waals surface area contributed by atoms with E-state index in [-0.39, 0.29) is 23.0 Å². The lowest BCUT2D eigenvalue weighted by Crippen LogP contribution is -2.07. The van der Waals surface area contributed by atoms with Gasteiger partial charge in [-0.1, -0.05) is 0 Å². The molecule has 0 aliphatic carbocycles. The van der Waals surface area contributed by atoms with Crippen LogP contribution in [0.3, 0.4) is 0 Å². The van der Waals surface area contributed by atoms with Gasteiger partial charge in [-0.05, 0) is 23.8 Å². The minimum Gasteiger partial charge on any atom is -0.390 e. The van der Waals surface area contributed by atoms with E-state index in [0.29, 0.717) is 0 Å². The molecule has 0 saturated carbocycles. The summed E-state index contributed by atoms with van der Waals surface area (Å²) in [6.45, 7) is 2.96. The van der Waals surface area contributed by atoms with Gasteiger partial charge in [0.2, 0.25) is 0 Å². The number of aryl methyl sites for hydroxylation is 2. The van der Waals surface area contributed by atoms with Gasteiger partial charge in [-0.3, -0.25) is 10.1 Å². The number of aromatic nitrogens is 5. The second kappa shape index (κ2) is 4.12. The summed E-state index contributed by atoms with van der Waals surface area (Å²) < 4.78 is 2.30. The molecule has 0 bridgehead atoms. The SMILES string of the molecule is Cc1nn(-c2nc([N+](=O)[O-])nn2C)c(C)c1[N+](=O)[O-]. The molecule has 2 aromatic heterocycles. The van der Waals surface area contributed by atoms with E-state index in [0.717, 1.165) is 9.36 Å². The minimum atomic E-state index is -0.746. The van der Waals surface area contributed by atoms with Crippen molar-refractivity contribution in [1.29, 1.82) is 0 Å². The molecular weight excluding hydrogens is 258 g/mol. The van der Waals surface area contributed by atoms with Gasteiger partial charge in [0.1, 0.15) is 11.4 Å². The summed E-state index contributed by atoms with van der Waals surface area (Å²) in [4.78, 5) is 23.9. The third-order valence-electron chi connectivity index (χ3n) is 2.52. The van der Waals surface area contributed by atoms with Crippen LogP contribution in [0.2, 0.25) is 0 Å². The topological polar surface area (TPSA) is 135 Å². The van der Waals surface area contributed by atoms with Crippen molar-refractivity contribution in [2.75, 3.05) is 0 Å². The number of nitro groups is 2. The third-order valence-corrected chi connectivity index (χ3v) is 2.52. The molecule has 0 unspecified atom stereocenters. The molecule has 19 heavy (non-hydrogen) atoms. The molecule has 2 aromatic rings. The monoisotopic (exact) mass is 267 g/mol. The molecule has 0 saturated heterocycles. The van der Waals surface area contributed by atoms with E-state index < -0.39 is 15.8 Å². The highest BCUT2D eigenvalue weighted by Gasteiger charge is 2.28. The van der Waals surface area contributed by atoms with Crippen molar-refractivity contribution in [1.82, 2.24) is 24.5 Å². The van der Waals surface area contributed by atoms with Gasteiger partial charge >= 0.3 is 17.6 Å². The highest BCUT2D eigenvalue weighted by atomic mass is 16.6. The summed E-state index contributed by atoms with van der Waals surface area (Å²) in [7, 11) is 1.44. The summed E-state index contributed by atoms with van der Waals surface area (Å²) in [5.41, 5.74) is 0.284. The summed E-state index contributed by atoms with van der Waals surface area (Å²) in [5.74, 6) is -0.548. The van der Waals surface area contributed by atoms with Crippen LogP contribution in [0.25, 0.3) is 5.95 Å². The average molecular weight is 267 g/mol. The third kappa shape index (κ3) is 1.90. The summed E-state index contributed by atoms with van der Waals surface area (Å²) in [6, 6.07) is 0. The molecule has 11 nitrogen and oxygen atoms in total. The molecule has 0 aliphatic heterocycles. The molecule has 2 heterocycles. The van der Waals surface area contributed by atoms with Crippen molar-refractivity contribution >= 4 is 11.6 Å². The fraction of sp³-hybridized carbons (Fsp3) is 0.375. The van der Waals surface area contributed by atoms with Crippen LogP contribution in [-0.4, -0.2) is 34.4 Å². The molecule has 0 spiro atoms. The van der Waals surface area contributed by atoms with E-state index in [1.165, 1.54) is 20.9 Å². The Hall–Kier alpha value is -2.85. The lowest BCUT2D eigenvalue weighted by Gasteiger charge is -1.96. The van der Waals surface area contributed by atoms with Crippen LogP contribution in [0, 0.1) is 34.1 Å². The first-order valence-electron chi connectivity index (χ1n) is 5.09. The number of rotatable bonds is 3. The Morgan fingerprint density at radius 2 is 1.74 bits per heavy atom. The van der Waals surface area contributed by atoms with Crippen molar-refractivity contribution in [2.24, 2.45) is 7.05 Å². The zero-order valence-electron chi connectivity index (χ0n) is 10.3. The Morgan fingerprint density at radius 3 is 2.16 bits per heavy atom. The molecule has 11 heteroatoms. The van der Waals surface area contributed by atoms with E-state index >= 15 is 0 Å². The smallest absolute Gasteiger partial charge is 0.390 e. The quantitative estimate of drug-likeness (QED) is 0.581. The Morgan fingerprint density at radius 1 is 1.11 bits per heavy atom. The molecule has 100 valence electrons. The van der Waals surface area contributed by atoms with Crippen LogP contribution < -0.4 is 0 Å². The predicted octanol–water partition coefficient (Wildman–Crippen LogP) is 0.434. The van der Waals surface area contributed by atoms with E-state index in [4.69, 9.17) is 0 Å². The minimum absolute atomic E-state index is 0.0420. The van der Waals surface area contributed by atoms with Crippen LogP contribution in [-0.2, 0) is 7.05 Å². The molecule has 0 amide bonds. The standard InChI is InChI=1S/C8H9N7O4/c1-4-6(14(16)17)5(2)13(10-4)8-9-7(15(18)19)11-12(8)3/h1-3H3. The molecule has 0 N–H and O–H groups in total. The molecule has 0 fully saturated rings. The van der Waals surface area contributed by atoms with Gasteiger partial charge in [-0.25, -0.2) is 0 Å². The maximum Gasteiger partial charge on any atom is 0.493 e. The van der Waals surface area contributed by atoms with E-state index in [2.05, 4.69) is 15.2 Å². The Balaban J connectivity index is 2.63. The van der Waals surface area contributed by atoms with Crippen LogP contribution in [0.4, 0.5) is 11.6 Å². The van der Waals surface area contributed by atoms with Crippen LogP contribution in [0.15, 0.2) is 0 Å². The van der Waals surface area contributed by atoms with Crippen LogP contribution >= 0.6 is 0 Å². The lowest BCUT2D eigenvalue weighted by molar-refractivity contribution is -0.394. The fourth-order valence-electron chi connectivity index (χ4n) is 1.72. The fourth-order valence-corrected chi connectivity index (χ4v) is 1.72. The van der Waals surface area contributed by atoms with E-state index in [1.807, 2.05) is 0 Å². The number of hydrogen-bond donors (Lipinski definition) is 0. The summed E-state index contributed by atoms with van der Waals surface area (Å²) >= 11 is 0. The second-order valence-corrected chi connectivity index (χ2v) is 3.78. The first-order valence-corrected chi connectivity index (χ1v) is 5.09. The van der Waals surface area contributed by atoms with Crippen LogP contribution in [0.5, 0.6) is 0 Å². The Kier molecular flexibility index (Phi) is 2.73. The van der Waals surface area contributed by atoms with Gasteiger partial charge in [-0.2, -0.15) is 14.5 Å². The van der Waals surface area contributed by atoms with E-state index in [1.54, 1.807) is 0 Å². The molecular formula is C8H9N7O4. The van der Waals surface area contributed by atoms with Crippen molar-refractivity contribution in [2.45, 2.75) is 13.8 Å². The maximum atomic E-state index is 10.9. The van der Waals surface area contributed by atoms with Gasteiger partial charge in [0.05, 0.1) is 4.92 Å². The number of nitrogens with zero attached hydrogens (tertiary/aromatic N) is 7. The summed E-state index contributed by atoms with van der Waals surface area (Å²) in [6.07, 6.45) is 0. The highest BCUT2D eigenvalue weighted by Crippen LogP contribution is 2.24. The Bertz CT molecular complexity index is 686. The second-order valence-electron chi connectivity index (χ2n) is 3.78. The van der Waals surface area contributed by atoms with Crippen molar-refractivity contribution < 1.29 is 9.85 Å². The molecule has 0 atom stereocenters. The zero-order chi connectivity index (χ0) is 14.3. The van der Waals surface area contributed by atoms with Crippen molar-refractivity contribution in [3.63, 3.8) is 0 Å². The van der Waals surface area contributed by atoms with Crippen molar-refractivity contribution in [3.8, 4) is 5.95 Å². The van der Waals surface area contributed by atoms with Gasteiger partial charge < -0.3 is 10.1 Å². The van der Waals surface area contributed by atoms with E-state index in [9.17, 15) is 20.2 Å². The normalized spacial score (nSPS) is 10.7. The highest BCUT2D eigenvalue weighted by molar-refractivity contribution is 5.42. The maximum absolute atomic E-state index is 10.9. The molecule has 0 aliphatic rings. The summed E-state index contributed by atoms with van der Waals surface area (Å²) in [5, 5.41) is 29.0. The molecule has 0 aromatic carbocycles. The largest absolute Gasteiger partial charge is 0.493 e. The van der Waals surface area contributed by atoms with Gasteiger partial charge in [-0.15, -0.1) is 0 Å². The van der Waals surface area contributed by atoms with Gasteiger partial charge in [0.15, 0.2) is 0 Å². The van der Waals surface area contributed by atoms with Crippen molar-refractivity contribution in [3.05, 3.63) is 31.6 Å². The zero-order valence-corrected chi connectivity index (χ0v) is 10.3. The molecule has 2 rings (SSSR count). The molecule has 0 radical (unpaired) electrons. The number of hydrogen-bond acceptors (Lipinski definition) is 7. The lowest BCUT2D eigenvalue weighted by atomic mass is 10.3. The Labute approximate surface area is 105 Å². The average Bonchev–Trinajstić information content (AvgIpc) is 2.79. The van der Waals surface area contributed by atoms with Gasteiger partial charge in [0, 0.05) is 12.1 Å². The van der Waals surface area contributed by atoms with Gasteiger partial charge in [0.25, 0.3) is 0 Å². The first kappa shape index (κ1) is 12.6.